The number of hydrogen-bond acceptors (Lipinski definition) is 2. The van der Waals surface area contributed by atoms with Gasteiger partial charge in [-0.25, -0.2) is 8.78 Å². The molecule has 2 atom stereocenters. The number of halogens is 2. The van der Waals surface area contributed by atoms with Crippen molar-refractivity contribution in [1.29, 1.82) is 0 Å². The summed E-state index contributed by atoms with van der Waals surface area (Å²) in [5.41, 5.74) is 5.70. The van der Waals surface area contributed by atoms with E-state index in [2.05, 4.69) is 0 Å². The van der Waals surface area contributed by atoms with Crippen molar-refractivity contribution in [3.8, 4) is 0 Å². The van der Waals surface area contributed by atoms with Gasteiger partial charge in [-0.15, -0.1) is 0 Å². The Balaban J connectivity index is 2.96. The van der Waals surface area contributed by atoms with E-state index in [-0.39, 0.29) is 11.5 Å². The second kappa shape index (κ2) is 5.16. The average molecular weight is 227 g/mol. The molecule has 0 aliphatic heterocycles. The number of carbonyl (C=O) groups excluding carboxylic acids is 1. The van der Waals surface area contributed by atoms with Gasteiger partial charge in [-0.1, -0.05) is 20.3 Å². The van der Waals surface area contributed by atoms with Gasteiger partial charge in [0.2, 0.25) is 0 Å². The smallest absolute Gasteiger partial charge is 0.179 e. The summed E-state index contributed by atoms with van der Waals surface area (Å²) < 4.78 is 25.8. The topological polar surface area (TPSA) is 43.1 Å². The highest BCUT2D eigenvalue weighted by Gasteiger charge is 2.21. The van der Waals surface area contributed by atoms with E-state index in [0.717, 1.165) is 24.6 Å². The zero-order chi connectivity index (χ0) is 12.3. The van der Waals surface area contributed by atoms with E-state index in [0.29, 0.717) is 0 Å². The van der Waals surface area contributed by atoms with Crippen LogP contribution >= 0.6 is 0 Å². The Morgan fingerprint density at radius 1 is 1.31 bits per heavy atom. The molecule has 1 aromatic carbocycles. The Labute approximate surface area is 93.5 Å². The van der Waals surface area contributed by atoms with E-state index < -0.39 is 23.5 Å². The summed E-state index contributed by atoms with van der Waals surface area (Å²) in [5.74, 6) is -1.97. The Kier molecular flexibility index (Phi) is 4.12. The van der Waals surface area contributed by atoms with Crippen LogP contribution in [0.25, 0.3) is 0 Å². The molecule has 0 aliphatic rings. The maximum absolute atomic E-state index is 12.9. The molecule has 16 heavy (non-hydrogen) atoms. The van der Waals surface area contributed by atoms with Gasteiger partial charge in [0.25, 0.3) is 0 Å². The molecule has 0 fully saturated rings. The third-order valence-corrected chi connectivity index (χ3v) is 2.71. The van der Waals surface area contributed by atoms with E-state index >= 15 is 0 Å². The number of nitrogens with two attached hydrogens (primary N) is 1. The van der Waals surface area contributed by atoms with Crippen LogP contribution in [0.2, 0.25) is 0 Å². The number of Topliss-reactive ketones (excluding diaryl/α,β-unsaturated/α-hetero) is 1. The second-order valence-corrected chi connectivity index (χ2v) is 3.93. The van der Waals surface area contributed by atoms with Crippen molar-refractivity contribution >= 4 is 5.78 Å². The van der Waals surface area contributed by atoms with Gasteiger partial charge in [0.05, 0.1) is 6.04 Å². The highest BCUT2D eigenvalue weighted by molar-refractivity contribution is 6.00. The van der Waals surface area contributed by atoms with Crippen molar-refractivity contribution < 1.29 is 13.6 Å². The lowest BCUT2D eigenvalue weighted by Gasteiger charge is -2.16. The SMILES string of the molecule is CCC(C)C(N)C(=O)c1cc(F)cc(F)c1. The van der Waals surface area contributed by atoms with E-state index in [4.69, 9.17) is 5.73 Å². The molecule has 4 heteroatoms. The monoisotopic (exact) mass is 227 g/mol. The predicted molar refractivity (Wildman–Crippen MR) is 58.1 cm³/mol. The molecule has 2 unspecified atom stereocenters. The minimum Gasteiger partial charge on any atom is -0.321 e. The average Bonchev–Trinajstić information content (AvgIpc) is 2.24. The summed E-state index contributed by atoms with van der Waals surface area (Å²) in [5, 5.41) is 0. The van der Waals surface area contributed by atoms with E-state index in [9.17, 15) is 13.6 Å². The van der Waals surface area contributed by atoms with Crippen molar-refractivity contribution in [1.82, 2.24) is 0 Å². The van der Waals surface area contributed by atoms with Crippen LogP contribution in [-0.4, -0.2) is 11.8 Å². The summed E-state index contributed by atoms with van der Waals surface area (Å²) in [6.07, 6.45) is 0.741. The van der Waals surface area contributed by atoms with Crippen molar-refractivity contribution in [3.63, 3.8) is 0 Å². The molecule has 0 radical (unpaired) electrons. The van der Waals surface area contributed by atoms with Crippen molar-refractivity contribution in [3.05, 3.63) is 35.4 Å². The summed E-state index contributed by atoms with van der Waals surface area (Å²) in [6, 6.07) is 2.03. The third-order valence-electron chi connectivity index (χ3n) is 2.71. The number of carbonyl (C=O) groups is 1. The molecule has 0 saturated heterocycles. The van der Waals surface area contributed by atoms with Crippen LogP contribution in [-0.2, 0) is 0 Å². The summed E-state index contributed by atoms with van der Waals surface area (Å²) >= 11 is 0. The summed E-state index contributed by atoms with van der Waals surface area (Å²) in [6.45, 7) is 3.74. The Morgan fingerprint density at radius 3 is 2.25 bits per heavy atom. The number of hydrogen-bond donors (Lipinski definition) is 1. The minimum absolute atomic E-state index is 0.00898. The first-order valence-electron chi connectivity index (χ1n) is 5.21. The second-order valence-electron chi connectivity index (χ2n) is 3.93. The fourth-order valence-electron chi connectivity index (χ4n) is 1.40. The van der Waals surface area contributed by atoms with Gasteiger partial charge in [-0.3, -0.25) is 4.79 Å². The largest absolute Gasteiger partial charge is 0.321 e. The van der Waals surface area contributed by atoms with Crippen molar-refractivity contribution in [2.45, 2.75) is 26.3 Å². The maximum atomic E-state index is 12.9. The zero-order valence-corrected chi connectivity index (χ0v) is 9.34. The molecule has 2 nitrogen and oxygen atoms in total. The van der Waals surface area contributed by atoms with Gasteiger partial charge in [0.15, 0.2) is 5.78 Å². The number of rotatable bonds is 4. The van der Waals surface area contributed by atoms with Crippen LogP contribution < -0.4 is 5.73 Å². The molecule has 0 saturated carbocycles. The fourth-order valence-corrected chi connectivity index (χ4v) is 1.40. The maximum Gasteiger partial charge on any atom is 0.179 e. The first-order chi connectivity index (χ1) is 7.45. The van der Waals surface area contributed by atoms with Crippen LogP contribution in [0.5, 0.6) is 0 Å². The lowest BCUT2D eigenvalue weighted by atomic mass is 9.92. The van der Waals surface area contributed by atoms with Crippen LogP contribution in [0.1, 0.15) is 30.6 Å². The number of ketones is 1. The summed E-state index contributed by atoms with van der Waals surface area (Å²) in [7, 11) is 0. The van der Waals surface area contributed by atoms with Crippen LogP contribution in [0.4, 0.5) is 8.78 Å². The summed E-state index contributed by atoms with van der Waals surface area (Å²) in [4.78, 5) is 11.8. The van der Waals surface area contributed by atoms with Crippen molar-refractivity contribution in [2.24, 2.45) is 11.7 Å². The highest BCUT2D eigenvalue weighted by Crippen LogP contribution is 2.14. The molecule has 1 aromatic rings. The molecule has 1 rings (SSSR count). The zero-order valence-electron chi connectivity index (χ0n) is 9.34. The highest BCUT2D eigenvalue weighted by atomic mass is 19.1. The van der Waals surface area contributed by atoms with Crippen LogP contribution in [0, 0.1) is 17.6 Å². The lowest BCUT2D eigenvalue weighted by Crippen LogP contribution is -2.36. The van der Waals surface area contributed by atoms with Crippen LogP contribution in [0.15, 0.2) is 18.2 Å². The molecule has 0 amide bonds. The first-order valence-corrected chi connectivity index (χ1v) is 5.21. The molecule has 0 heterocycles. The molecule has 2 N–H and O–H groups in total. The molecular weight excluding hydrogens is 212 g/mol. The van der Waals surface area contributed by atoms with Gasteiger partial charge >= 0.3 is 0 Å². The molecule has 88 valence electrons. The van der Waals surface area contributed by atoms with Gasteiger partial charge in [-0.2, -0.15) is 0 Å². The number of benzene rings is 1. The first kappa shape index (κ1) is 12.8. The van der Waals surface area contributed by atoms with Gasteiger partial charge in [0.1, 0.15) is 11.6 Å². The van der Waals surface area contributed by atoms with Crippen molar-refractivity contribution in [2.75, 3.05) is 0 Å². The van der Waals surface area contributed by atoms with Gasteiger partial charge in [-0.05, 0) is 18.1 Å². The fraction of sp³-hybridized carbons (Fsp3) is 0.417. The van der Waals surface area contributed by atoms with Gasteiger partial charge < -0.3 is 5.73 Å². The Hall–Kier alpha value is -1.29. The minimum atomic E-state index is -0.764. The van der Waals surface area contributed by atoms with E-state index in [1.54, 1.807) is 0 Å². The Morgan fingerprint density at radius 2 is 1.81 bits per heavy atom. The van der Waals surface area contributed by atoms with E-state index in [1.165, 1.54) is 0 Å². The van der Waals surface area contributed by atoms with E-state index in [1.807, 2.05) is 13.8 Å². The standard InChI is InChI=1S/C12H15F2NO/c1-3-7(2)11(15)12(16)8-4-9(13)6-10(14)5-8/h4-7,11H,3,15H2,1-2H3. The normalized spacial score (nSPS) is 14.6. The molecule has 0 bridgehead atoms. The molecular formula is C12H15F2NO. The lowest BCUT2D eigenvalue weighted by molar-refractivity contribution is 0.0934. The molecule has 0 aliphatic carbocycles. The molecule has 0 spiro atoms. The quantitative estimate of drug-likeness (QED) is 0.803. The third kappa shape index (κ3) is 2.85. The molecule has 0 aromatic heterocycles. The van der Waals surface area contributed by atoms with Crippen LogP contribution in [0.3, 0.4) is 0 Å². The van der Waals surface area contributed by atoms with Gasteiger partial charge in [0, 0.05) is 11.6 Å². The Bertz CT molecular complexity index is 372. The predicted octanol–water partition coefficient (Wildman–Crippen LogP) is 2.52.